The minimum atomic E-state index is -0.331. The molecule has 0 heterocycles. The zero-order valence-electron chi connectivity index (χ0n) is 10.5. The van der Waals surface area contributed by atoms with Crippen LogP contribution in [0.1, 0.15) is 27.2 Å². The molecule has 0 fully saturated rings. The fourth-order valence-electron chi connectivity index (χ4n) is 1.26. The summed E-state index contributed by atoms with van der Waals surface area (Å²) in [7, 11) is 0. The normalized spacial score (nSPS) is 11.6. The van der Waals surface area contributed by atoms with E-state index in [2.05, 4.69) is 42.0 Å². The molecule has 4 heteroatoms. The molecule has 2 nitrogen and oxygen atoms in total. The van der Waals surface area contributed by atoms with Gasteiger partial charge in [0.15, 0.2) is 11.6 Å². The van der Waals surface area contributed by atoms with Crippen molar-refractivity contribution in [3.8, 4) is 5.75 Å². The van der Waals surface area contributed by atoms with Crippen molar-refractivity contribution in [2.45, 2.75) is 32.7 Å². The van der Waals surface area contributed by atoms with Gasteiger partial charge in [0, 0.05) is 16.6 Å². The van der Waals surface area contributed by atoms with E-state index >= 15 is 0 Å². The van der Waals surface area contributed by atoms with Crippen LogP contribution in [0.3, 0.4) is 0 Å². The number of benzene rings is 1. The van der Waals surface area contributed by atoms with Gasteiger partial charge in [-0.25, -0.2) is 4.39 Å². The summed E-state index contributed by atoms with van der Waals surface area (Å²) in [5.41, 5.74) is 0.0964. The predicted molar refractivity (Wildman–Crippen MR) is 72.0 cm³/mol. The summed E-state index contributed by atoms with van der Waals surface area (Å²) < 4.78 is 19.5. The maximum Gasteiger partial charge on any atom is 0.165 e. The molecule has 0 bridgehead atoms. The van der Waals surface area contributed by atoms with Crippen LogP contribution >= 0.6 is 15.9 Å². The fourth-order valence-corrected chi connectivity index (χ4v) is 1.60. The number of halogens is 2. The van der Waals surface area contributed by atoms with E-state index in [0.29, 0.717) is 13.2 Å². The van der Waals surface area contributed by atoms with Gasteiger partial charge in [-0.2, -0.15) is 0 Å². The molecular weight excluding hydrogens is 285 g/mol. The Labute approximate surface area is 111 Å². The fraction of sp³-hybridized carbons (Fsp3) is 0.538. The zero-order chi connectivity index (χ0) is 12.9. The molecule has 0 saturated heterocycles. The van der Waals surface area contributed by atoms with E-state index in [1.165, 1.54) is 6.07 Å². The highest BCUT2D eigenvalue weighted by atomic mass is 79.9. The van der Waals surface area contributed by atoms with E-state index in [9.17, 15) is 4.39 Å². The Kier molecular flexibility index (Phi) is 5.40. The van der Waals surface area contributed by atoms with Crippen molar-refractivity contribution in [3.63, 3.8) is 0 Å². The van der Waals surface area contributed by atoms with Gasteiger partial charge in [0.1, 0.15) is 6.61 Å². The summed E-state index contributed by atoms with van der Waals surface area (Å²) in [5.74, 6) is -0.0431. The number of nitrogens with one attached hydrogen (secondary N) is 1. The molecule has 17 heavy (non-hydrogen) atoms. The second-order valence-electron chi connectivity index (χ2n) is 4.59. The first-order chi connectivity index (χ1) is 7.94. The van der Waals surface area contributed by atoms with Gasteiger partial charge < -0.3 is 10.1 Å². The molecular formula is C13H19BrFNO. The van der Waals surface area contributed by atoms with E-state index in [1.54, 1.807) is 12.1 Å². The Morgan fingerprint density at radius 3 is 2.76 bits per heavy atom. The van der Waals surface area contributed by atoms with Gasteiger partial charge >= 0.3 is 0 Å². The molecule has 0 saturated carbocycles. The average molecular weight is 304 g/mol. The SMILES string of the molecule is CCC(C)(C)NCCOc1cc(Br)ccc1F. The Morgan fingerprint density at radius 2 is 2.12 bits per heavy atom. The third-order valence-electron chi connectivity index (χ3n) is 2.74. The van der Waals surface area contributed by atoms with Crippen LogP contribution in [0.25, 0.3) is 0 Å². The summed E-state index contributed by atoms with van der Waals surface area (Å²) >= 11 is 3.29. The van der Waals surface area contributed by atoms with Gasteiger partial charge in [-0.1, -0.05) is 22.9 Å². The monoisotopic (exact) mass is 303 g/mol. The summed E-state index contributed by atoms with van der Waals surface area (Å²) in [6.07, 6.45) is 1.04. The molecule has 0 spiro atoms. The summed E-state index contributed by atoms with van der Waals surface area (Å²) in [6, 6.07) is 4.68. The average Bonchev–Trinajstić information content (AvgIpc) is 2.29. The highest BCUT2D eigenvalue weighted by molar-refractivity contribution is 9.10. The van der Waals surface area contributed by atoms with Crippen molar-refractivity contribution in [2.75, 3.05) is 13.2 Å². The lowest BCUT2D eigenvalue weighted by Crippen LogP contribution is -2.40. The van der Waals surface area contributed by atoms with Crippen LogP contribution in [0.4, 0.5) is 4.39 Å². The lowest BCUT2D eigenvalue weighted by atomic mass is 10.0. The summed E-state index contributed by atoms with van der Waals surface area (Å²) in [4.78, 5) is 0. The Morgan fingerprint density at radius 1 is 1.41 bits per heavy atom. The minimum Gasteiger partial charge on any atom is -0.489 e. The second kappa shape index (κ2) is 6.36. The molecule has 1 aromatic carbocycles. The van der Waals surface area contributed by atoms with E-state index in [1.807, 2.05) is 0 Å². The van der Waals surface area contributed by atoms with Crippen molar-refractivity contribution in [2.24, 2.45) is 0 Å². The molecule has 0 unspecified atom stereocenters. The third kappa shape index (κ3) is 5.04. The molecule has 1 aromatic rings. The van der Waals surface area contributed by atoms with Crippen molar-refractivity contribution in [3.05, 3.63) is 28.5 Å². The summed E-state index contributed by atoms with van der Waals surface area (Å²) in [5, 5.41) is 3.35. The van der Waals surface area contributed by atoms with E-state index in [-0.39, 0.29) is 17.1 Å². The van der Waals surface area contributed by atoms with Gasteiger partial charge in [-0.3, -0.25) is 0 Å². The molecule has 1 N–H and O–H groups in total. The lowest BCUT2D eigenvalue weighted by Gasteiger charge is -2.24. The summed E-state index contributed by atoms with van der Waals surface area (Å²) in [6.45, 7) is 7.55. The van der Waals surface area contributed by atoms with Crippen LogP contribution in [0.15, 0.2) is 22.7 Å². The van der Waals surface area contributed by atoms with E-state index < -0.39 is 0 Å². The molecule has 96 valence electrons. The first kappa shape index (κ1) is 14.5. The van der Waals surface area contributed by atoms with Crippen LogP contribution < -0.4 is 10.1 Å². The van der Waals surface area contributed by atoms with Crippen LogP contribution in [-0.4, -0.2) is 18.7 Å². The second-order valence-corrected chi connectivity index (χ2v) is 5.50. The number of hydrogen-bond donors (Lipinski definition) is 1. The van der Waals surface area contributed by atoms with Gasteiger partial charge in [0.2, 0.25) is 0 Å². The van der Waals surface area contributed by atoms with E-state index in [0.717, 1.165) is 10.9 Å². The third-order valence-corrected chi connectivity index (χ3v) is 3.23. The standard InChI is InChI=1S/C13H19BrFNO/c1-4-13(2,3)16-7-8-17-12-9-10(14)5-6-11(12)15/h5-6,9,16H,4,7-8H2,1-3H3. The number of rotatable bonds is 6. The van der Waals surface area contributed by atoms with E-state index in [4.69, 9.17) is 4.74 Å². The molecule has 1 rings (SSSR count). The maximum absolute atomic E-state index is 13.3. The first-order valence-electron chi connectivity index (χ1n) is 5.77. The van der Waals surface area contributed by atoms with Gasteiger partial charge in [-0.05, 0) is 38.5 Å². The Balaban J connectivity index is 2.38. The van der Waals surface area contributed by atoms with Crippen molar-refractivity contribution >= 4 is 15.9 Å². The van der Waals surface area contributed by atoms with Crippen molar-refractivity contribution in [1.82, 2.24) is 5.32 Å². The molecule has 0 radical (unpaired) electrons. The largest absolute Gasteiger partial charge is 0.489 e. The maximum atomic E-state index is 13.3. The van der Waals surface area contributed by atoms with Crippen molar-refractivity contribution in [1.29, 1.82) is 0 Å². The first-order valence-corrected chi connectivity index (χ1v) is 6.57. The highest BCUT2D eigenvalue weighted by Crippen LogP contribution is 2.22. The zero-order valence-corrected chi connectivity index (χ0v) is 12.1. The highest BCUT2D eigenvalue weighted by Gasteiger charge is 2.13. The van der Waals surface area contributed by atoms with Gasteiger partial charge in [0.05, 0.1) is 0 Å². The van der Waals surface area contributed by atoms with Crippen LogP contribution in [0, 0.1) is 5.82 Å². The Hall–Kier alpha value is -0.610. The number of hydrogen-bond acceptors (Lipinski definition) is 2. The quantitative estimate of drug-likeness (QED) is 0.808. The molecule has 0 atom stereocenters. The lowest BCUT2D eigenvalue weighted by molar-refractivity contribution is 0.271. The van der Waals surface area contributed by atoms with Crippen molar-refractivity contribution < 1.29 is 9.13 Å². The minimum absolute atomic E-state index is 0.0964. The van der Waals surface area contributed by atoms with Crippen LogP contribution in [0.2, 0.25) is 0 Å². The molecule has 0 aliphatic rings. The Bertz CT molecular complexity index is 368. The molecule has 0 aliphatic heterocycles. The smallest absolute Gasteiger partial charge is 0.165 e. The van der Waals surface area contributed by atoms with Gasteiger partial charge in [0.25, 0.3) is 0 Å². The van der Waals surface area contributed by atoms with Crippen LogP contribution in [0.5, 0.6) is 5.75 Å². The molecule has 0 aromatic heterocycles. The topological polar surface area (TPSA) is 21.3 Å². The molecule has 0 amide bonds. The van der Waals surface area contributed by atoms with Crippen LogP contribution in [-0.2, 0) is 0 Å². The predicted octanol–water partition coefficient (Wildman–Crippen LogP) is 3.75. The number of ether oxygens (including phenoxy) is 1. The molecule has 0 aliphatic carbocycles. The van der Waals surface area contributed by atoms with Gasteiger partial charge in [-0.15, -0.1) is 0 Å².